The van der Waals surface area contributed by atoms with E-state index in [9.17, 15) is 0 Å². The molecule has 0 heterocycles. The van der Waals surface area contributed by atoms with Crippen molar-refractivity contribution in [3.8, 4) is 5.75 Å². The van der Waals surface area contributed by atoms with Crippen LogP contribution in [0.15, 0.2) is 12.1 Å². The Morgan fingerprint density at radius 3 is 2.53 bits per heavy atom. The van der Waals surface area contributed by atoms with E-state index in [4.69, 9.17) is 10.5 Å². The molecule has 0 saturated heterocycles. The molecular weight excluding hydrogens is 186 g/mol. The highest BCUT2D eigenvalue weighted by atomic mass is 16.5. The van der Waals surface area contributed by atoms with Gasteiger partial charge in [0, 0.05) is 11.6 Å². The van der Waals surface area contributed by atoms with Crippen molar-refractivity contribution in [3.05, 3.63) is 28.8 Å². The molecule has 0 radical (unpaired) electrons. The molecule has 84 valence electrons. The Balaban J connectivity index is 3.13. The molecular formula is C13H21NO. The van der Waals surface area contributed by atoms with Crippen LogP contribution in [0.4, 0.5) is 0 Å². The lowest BCUT2D eigenvalue weighted by atomic mass is 9.97. The van der Waals surface area contributed by atoms with Gasteiger partial charge in [0.05, 0.1) is 7.11 Å². The zero-order valence-electron chi connectivity index (χ0n) is 10.1. The van der Waals surface area contributed by atoms with E-state index in [0.717, 1.165) is 24.2 Å². The lowest BCUT2D eigenvalue weighted by molar-refractivity contribution is 0.400. The lowest BCUT2D eigenvalue weighted by Crippen LogP contribution is -2.12. The minimum Gasteiger partial charge on any atom is -0.496 e. The van der Waals surface area contributed by atoms with Gasteiger partial charge in [-0.1, -0.05) is 31.0 Å². The fourth-order valence-electron chi connectivity index (χ4n) is 2.01. The SMILES string of the molecule is CCCC(N)c1cc(C)cc(C)c1OC. The van der Waals surface area contributed by atoms with Gasteiger partial charge in [-0.25, -0.2) is 0 Å². The van der Waals surface area contributed by atoms with E-state index >= 15 is 0 Å². The minimum atomic E-state index is 0.0866. The second kappa shape index (κ2) is 5.17. The number of hydrogen-bond donors (Lipinski definition) is 1. The van der Waals surface area contributed by atoms with E-state index in [-0.39, 0.29) is 6.04 Å². The van der Waals surface area contributed by atoms with E-state index in [1.807, 2.05) is 0 Å². The van der Waals surface area contributed by atoms with Crippen molar-refractivity contribution < 1.29 is 4.74 Å². The topological polar surface area (TPSA) is 35.2 Å². The largest absolute Gasteiger partial charge is 0.496 e. The molecule has 1 atom stereocenters. The number of nitrogens with two attached hydrogens (primary N) is 1. The van der Waals surface area contributed by atoms with Gasteiger partial charge in [-0.2, -0.15) is 0 Å². The van der Waals surface area contributed by atoms with Crippen LogP contribution in [0.25, 0.3) is 0 Å². The summed E-state index contributed by atoms with van der Waals surface area (Å²) in [6.07, 6.45) is 2.09. The molecule has 15 heavy (non-hydrogen) atoms. The fourth-order valence-corrected chi connectivity index (χ4v) is 2.01. The van der Waals surface area contributed by atoms with E-state index in [0.29, 0.717) is 0 Å². The Morgan fingerprint density at radius 1 is 1.33 bits per heavy atom. The Morgan fingerprint density at radius 2 is 2.00 bits per heavy atom. The second-order valence-corrected chi connectivity index (χ2v) is 4.10. The fraction of sp³-hybridized carbons (Fsp3) is 0.538. The van der Waals surface area contributed by atoms with Crippen molar-refractivity contribution >= 4 is 0 Å². The summed E-state index contributed by atoms with van der Waals surface area (Å²) in [4.78, 5) is 0. The highest BCUT2D eigenvalue weighted by Crippen LogP contribution is 2.30. The molecule has 0 amide bonds. The number of methoxy groups -OCH3 is 1. The number of rotatable bonds is 4. The summed E-state index contributed by atoms with van der Waals surface area (Å²) in [5.41, 5.74) is 9.69. The van der Waals surface area contributed by atoms with Gasteiger partial charge < -0.3 is 10.5 Å². The summed E-state index contributed by atoms with van der Waals surface area (Å²) in [7, 11) is 1.71. The van der Waals surface area contributed by atoms with Gasteiger partial charge in [0.2, 0.25) is 0 Å². The summed E-state index contributed by atoms with van der Waals surface area (Å²) in [6.45, 7) is 6.30. The van der Waals surface area contributed by atoms with Gasteiger partial charge in [0.25, 0.3) is 0 Å². The zero-order chi connectivity index (χ0) is 11.4. The normalized spacial score (nSPS) is 12.6. The van der Waals surface area contributed by atoms with Crippen LogP contribution < -0.4 is 10.5 Å². The first-order valence-corrected chi connectivity index (χ1v) is 5.50. The maximum atomic E-state index is 6.14. The van der Waals surface area contributed by atoms with Crippen molar-refractivity contribution in [1.29, 1.82) is 0 Å². The van der Waals surface area contributed by atoms with E-state index < -0.39 is 0 Å². The van der Waals surface area contributed by atoms with Crippen molar-refractivity contribution in [1.82, 2.24) is 0 Å². The van der Waals surface area contributed by atoms with Gasteiger partial charge in [-0.3, -0.25) is 0 Å². The number of hydrogen-bond acceptors (Lipinski definition) is 2. The molecule has 1 aromatic rings. The van der Waals surface area contributed by atoms with E-state index in [1.165, 1.54) is 11.1 Å². The van der Waals surface area contributed by atoms with Crippen LogP contribution in [0.3, 0.4) is 0 Å². The lowest BCUT2D eigenvalue weighted by Gasteiger charge is -2.17. The molecule has 1 aromatic carbocycles. The molecule has 1 rings (SSSR count). The minimum absolute atomic E-state index is 0.0866. The maximum absolute atomic E-state index is 6.14. The van der Waals surface area contributed by atoms with Gasteiger partial charge in [0.15, 0.2) is 0 Å². The molecule has 0 aliphatic carbocycles. The molecule has 0 fully saturated rings. The summed E-state index contributed by atoms with van der Waals surface area (Å²) in [6, 6.07) is 4.34. The van der Waals surface area contributed by atoms with Gasteiger partial charge in [-0.05, 0) is 25.8 Å². The molecule has 2 heteroatoms. The van der Waals surface area contributed by atoms with Crippen LogP contribution in [0.1, 0.15) is 42.5 Å². The van der Waals surface area contributed by atoms with Crippen LogP contribution in [0, 0.1) is 13.8 Å². The third-order valence-electron chi connectivity index (χ3n) is 2.65. The summed E-state index contributed by atoms with van der Waals surface area (Å²) in [5.74, 6) is 0.946. The monoisotopic (exact) mass is 207 g/mol. The molecule has 0 aliphatic heterocycles. The predicted octanol–water partition coefficient (Wildman–Crippen LogP) is 3.11. The van der Waals surface area contributed by atoms with E-state index in [1.54, 1.807) is 7.11 Å². The van der Waals surface area contributed by atoms with Crippen LogP contribution in [0.2, 0.25) is 0 Å². The average Bonchev–Trinajstić information content (AvgIpc) is 2.17. The van der Waals surface area contributed by atoms with E-state index in [2.05, 4.69) is 32.9 Å². The molecule has 0 aromatic heterocycles. The number of aryl methyl sites for hydroxylation is 2. The third-order valence-corrected chi connectivity index (χ3v) is 2.65. The second-order valence-electron chi connectivity index (χ2n) is 4.10. The van der Waals surface area contributed by atoms with Crippen LogP contribution in [0.5, 0.6) is 5.75 Å². The van der Waals surface area contributed by atoms with Crippen LogP contribution >= 0.6 is 0 Å². The number of benzene rings is 1. The molecule has 0 aliphatic rings. The van der Waals surface area contributed by atoms with Gasteiger partial charge in [-0.15, -0.1) is 0 Å². The van der Waals surface area contributed by atoms with Crippen LogP contribution in [-0.4, -0.2) is 7.11 Å². The Hall–Kier alpha value is -1.02. The summed E-state index contributed by atoms with van der Waals surface area (Å²) in [5, 5.41) is 0. The van der Waals surface area contributed by atoms with Crippen LogP contribution in [-0.2, 0) is 0 Å². The van der Waals surface area contributed by atoms with Crippen molar-refractivity contribution in [2.75, 3.05) is 7.11 Å². The quantitative estimate of drug-likeness (QED) is 0.823. The molecule has 1 unspecified atom stereocenters. The summed E-state index contributed by atoms with van der Waals surface area (Å²) >= 11 is 0. The first-order valence-electron chi connectivity index (χ1n) is 5.50. The molecule has 0 spiro atoms. The molecule has 0 saturated carbocycles. The molecule has 2 nitrogen and oxygen atoms in total. The maximum Gasteiger partial charge on any atom is 0.126 e. The smallest absolute Gasteiger partial charge is 0.126 e. The van der Waals surface area contributed by atoms with Crippen molar-refractivity contribution in [2.45, 2.75) is 39.7 Å². The third kappa shape index (κ3) is 2.72. The number of ether oxygens (including phenoxy) is 1. The zero-order valence-corrected chi connectivity index (χ0v) is 10.1. The van der Waals surface area contributed by atoms with Crippen molar-refractivity contribution in [2.24, 2.45) is 5.73 Å². The standard InChI is InChI=1S/C13H21NO/c1-5-6-12(14)11-8-9(2)7-10(3)13(11)15-4/h7-8,12H,5-6,14H2,1-4H3. The highest BCUT2D eigenvalue weighted by Gasteiger charge is 2.13. The first-order chi connectivity index (χ1) is 7.10. The molecule has 2 N–H and O–H groups in total. The Labute approximate surface area is 92.4 Å². The molecule has 0 bridgehead atoms. The van der Waals surface area contributed by atoms with Crippen molar-refractivity contribution in [3.63, 3.8) is 0 Å². The predicted molar refractivity (Wildman–Crippen MR) is 64.3 cm³/mol. The van der Waals surface area contributed by atoms with Gasteiger partial charge >= 0.3 is 0 Å². The Kier molecular flexibility index (Phi) is 4.15. The van der Waals surface area contributed by atoms with Gasteiger partial charge in [0.1, 0.15) is 5.75 Å². The Bertz CT molecular complexity index is 334. The average molecular weight is 207 g/mol. The first kappa shape index (κ1) is 12.1. The summed E-state index contributed by atoms with van der Waals surface area (Å²) < 4.78 is 5.42. The highest BCUT2D eigenvalue weighted by molar-refractivity contribution is 5.45.